The van der Waals surface area contributed by atoms with E-state index in [0.717, 1.165) is 15.7 Å². The molecule has 2 amide bonds. The van der Waals surface area contributed by atoms with Crippen LogP contribution in [-0.2, 0) is 0 Å². The molecule has 2 N–H and O–H groups in total. The molecule has 0 bridgehead atoms. The Balaban J connectivity index is 1.93. The maximum Gasteiger partial charge on any atom is 0.319 e. The topological polar surface area (TPSA) is 41.1 Å². The van der Waals surface area contributed by atoms with E-state index in [9.17, 15) is 4.79 Å². The van der Waals surface area contributed by atoms with E-state index in [2.05, 4.69) is 26.6 Å². The van der Waals surface area contributed by atoms with E-state index in [1.807, 2.05) is 61.5 Å². The number of anilines is 1. The first-order chi connectivity index (χ1) is 9.15. The van der Waals surface area contributed by atoms with Crippen LogP contribution in [0.4, 0.5) is 10.5 Å². The van der Waals surface area contributed by atoms with Gasteiger partial charge in [0, 0.05) is 10.2 Å². The number of halogens is 1. The molecular formula is C15H15BrN2O. The predicted molar refractivity (Wildman–Crippen MR) is 81.2 cm³/mol. The van der Waals surface area contributed by atoms with Gasteiger partial charge < -0.3 is 10.6 Å². The number of benzene rings is 2. The number of hydrogen-bond acceptors (Lipinski definition) is 1. The largest absolute Gasteiger partial charge is 0.331 e. The molecule has 0 aliphatic carbocycles. The minimum Gasteiger partial charge on any atom is -0.331 e. The van der Waals surface area contributed by atoms with Gasteiger partial charge in [-0.05, 0) is 36.8 Å². The van der Waals surface area contributed by atoms with Gasteiger partial charge in [-0.15, -0.1) is 0 Å². The van der Waals surface area contributed by atoms with Crippen LogP contribution in [0.5, 0.6) is 0 Å². The summed E-state index contributed by atoms with van der Waals surface area (Å²) in [5.41, 5.74) is 1.84. The molecule has 19 heavy (non-hydrogen) atoms. The van der Waals surface area contributed by atoms with Crippen molar-refractivity contribution in [1.82, 2.24) is 5.32 Å². The minimum absolute atomic E-state index is 0.0309. The Morgan fingerprint density at radius 1 is 1.05 bits per heavy atom. The molecule has 0 saturated carbocycles. The van der Waals surface area contributed by atoms with Crippen molar-refractivity contribution in [2.75, 3.05) is 5.32 Å². The molecule has 0 aromatic heterocycles. The van der Waals surface area contributed by atoms with E-state index in [1.165, 1.54) is 0 Å². The molecule has 0 saturated heterocycles. The number of amides is 2. The number of nitrogens with one attached hydrogen (secondary N) is 2. The third kappa shape index (κ3) is 4.10. The maximum atomic E-state index is 11.8. The van der Waals surface area contributed by atoms with E-state index in [1.54, 1.807) is 0 Å². The summed E-state index contributed by atoms with van der Waals surface area (Å²) in [6, 6.07) is 17.1. The van der Waals surface area contributed by atoms with Crippen LogP contribution >= 0.6 is 15.9 Å². The summed E-state index contributed by atoms with van der Waals surface area (Å²) in [7, 11) is 0. The monoisotopic (exact) mass is 318 g/mol. The van der Waals surface area contributed by atoms with Gasteiger partial charge in [0.05, 0.1) is 6.04 Å². The maximum absolute atomic E-state index is 11.8. The Morgan fingerprint density at radius 3 is 2.32 bits per heavy atom. The zero-order chi connectivity index (χ0) is 13.7. The van der Waals surface area contributed by atoms with E-state index in [-0.39, 0.29) is 12.1 Å². The molecule has 3 nitrogen and oxygen atoms in total. The highest BCUT2D eigenvalue weighted by atomic mass is 79.9. The Bertz CT molecular complexity index is 540. The van der Waals surface area contributed by atoms with E-state index in [0.29, 0.717) is 0 Å². The predicted octanol–water partition coefficient (Wildman–Crippen LogP) is 4.33. The number of carbonyl (C=O) groups excluding carboxylic acids is 1. The molecule has 0 aliphatic rings. The summed E-state index contributed by atoms with van der Waals surface area (Å²) in [6.07, 6.45) is 0. The molecule has 0 radical (unpaired) electrons. The third-order valence-corrected chi connectivity index (χ3v) is 3.28. The first kappa shape index (κ1) is 13.6. The smallest absolute Gasteiger partial charge is 0.319 e. The van der Waals surface area contributed by atoms with Gasteiger partial charge in [-0.25, -0.2) is 4.79 Å². The number of urea groups is 1. The van der Waals surface area contributed by atoms with Gasteiger partial charge in [-0.2, -0.15) is 0 Å². The van der Waals surface area contributed by atoms with Gasteiger partial charge in [0.15, 0.2) is 0 Å². The molecule has 0 unspecified atom stereocenters. The molecule has 0 aliphatic heterocycles. The summed E-state index contributed by atoms with van der Waals surface area (Å²) in [4.78, 5) is 11.8. The quantitative estimate of drug-likeness (QED) is 0.868. The van der Waals surface area contributed by atoms with Gasteiger partial charge >= 0.3 is 6.03 Å². The summed E-state index contributed by atoms with van der Waals surface area (Å²) < 4.78 is 0.983. The van der Waals surface area contributed by atoms with Crippen molar-refractivity contribution in [3.63, 3.8) is 0 Å². The van der Waals surface area contributed by atoms with Crippen molar-refractivity contribution in [1.29, 1.82) is 0 Å². The molecule has 0 spiro atoms. The van der Waals surface area contributed by atoms with Crippen LogP contribution in [0.2, 0.25) is 0 Å². The summed E-state index contributed by atoms with van der Waals surface area (Å²) in [5, 5.41) is 5.70. The van der Waals surface area contributed by atoms with Crippen molar-refractivity contribution >= 4 is 27.6 Å². The van der Waals surface area contributed by atoms with E-state index >= 15 is 0 Å². The van der Waals surface area contributed by atoms with Crippen LogP contribution < -0.4 is 10.6 Å². The average Bonchev–Trinajstić information content (AvgIpc) is 2.42. The van der Waals surface area contributed by atoms with Crippen molar-refractivity contribution in [3.8, 4) is 0 Å². The average molecular weight is 319 g/mol. The second kappa shape index (κ2) is 6.38. The van der Waals surface area contributed by atoms with Gasteiger partial charge in [-0.1, -0.05) is 46.3 Å². The van der Waals surface area contributed by atoms with E-state index in [4.69, 9.17) is 0 Å². The minimum atomic E-state index is -0.210. The van der Waals surface area contributed by atoms with Crippen LogP contribution in [0, 0.1) is 0 Å². The Kier molecular flexibility index (Phi) is 4.58. The van der Waals surface area contributed by atoms with Crippen LogP contribution in [0.15, 0.2) is 59.1 Å². The molecule has 2 aromatic rings. The molecular weight excluding hydrogens is 304 g/mol. The second-order valence-corrected chi connectivity index (χ2v) is 5.15. The van der Waals surface area contributed by atoms with Crippen molar-refractivity contribution in [3.05, 3.63) is 64.6 Å². The summed E-state index contributed by atoms with van der Waals surface area (Å²) >= 11 is 3.35. The first-order valence-electron chi connectivity index (χ1n) is 6.03. The fourth-order valence-electron chi connectivity index (χ4n) is 1.72. The molecule has 2 aromatic carbocycles. The molecule has 1 atom stereocenters. The lowest BCUT2D eigenvalue weighted by atomic mass is 10.1. The standard InChI is InChI=1S/C15H15BrN2O/c1-11(12-5-3-2-4-6-12)17-15(19)18-14-9-7-13(16)8-10-14/h2-11H,1H3,(H2,17,18,19)/t11-/m1/s1. The highest BCUT2D eigenvalue weighted by Crippen LogP contribution is 2.15. The summed E-state index contributed by atoms with van der Waals surface area (Å²) in [5.74, 6) is 0. The first-order valence-corrected chi connectivity index (χ1v) is 6.82. The lowest BCUT2D eigenvalue weighted by Crippen LogP contribution is -2.31. The number of hydrogen-bond donors (Lipinski definition) is 2. The zero-order valence-electron chi connectivity index (χ0n) is 10.6. The van der Waals surface area contributed by atoms with Gasteiger partial charge in [0.2, 0.25) is 0 Å². The highest BCUT2D eigenvalue weighted by molar-refractivity contribution is 9.10. The van der Waals surface area contributed by atoms with Gasteiger partial charge in [-0.3, -0.25) is 0 Å². The molecule has 0 heterocycles. The lowest BCUT2D eigenvalue weighted by Gasteiger charge is -2.15. The Labute approximate surface area is 121 Å². The van der Waals surface area contributed by atoms with Crippen LogP contribution in [0.1, 0.15) is 18.5 Å². The van der Waals surface area contributed by atoms with Crippen LogP contribution in [0.3, 0.4) is 0 Å². The van der Waals surface area contributed by atoms with Crippen LogP contribution in [0.25, 0.3) is 0 Å². The van der Waals surface area contributed by atoms with Gasteiger partial charge in [0.1, 0.15) is 0 Å². The number of rotatable bonds is 3. The summed E-state index contributed by atoms with van der Waals surface area (Å²) in [6.45, 7) is 1.95. The second-order valence-electron chi connectivity index (χ2n) is 4.24. The van der Waals surface area contributed by atoms with Crippen LogP contribution in [-0.4, -0.2) is 6.03 Å². The SMILES string of the molecule is C[C@@H](NC(=O)Nc1ccc(Br)cc1)c1ccccc1. The normalized spacial score (nSPS) is 11.7. The van der Waals surface area contributed by atoms with Crippen molar-refractivity contribution in [2.45, 2.75) is 13.0 Å². The molecule has 4 heteroatoms. The lowest BCUT2D eigenvalue weighted by molar-refractivity contribution is 0.249. The van der Waals surface area contributed by atoms with E-state index < -0.39 is 0 Å². The molecule has 98 valence electrons. The fraction of sp³-hybridized carbons (Fsp3) is 0.133. The molecule has 2 rings (SSSR count). The molecule has 0 fully saturated rings. The number of carbonyl (C=O) groups is 1. The highest BCUT2D eigenvalue weighted by Gasteiger charge is 2.08. The van der Waals surface area contributed by atoms with Crippen molar-refractivity contribution in [2.24, 2.45) is 0 Å². The van der Waals surface area contributed by atoms with Crippen molar-refractivity contribution < 1.29 is 4.79 Å². The fourth-order valence-corrected chi connectivity index (χ4v) is 1.99. The van der Waals surface area contributed by atoms with Gasteiger partial charge in [0.25, 0.3) is 0 Å². The third-order valence-electron chi connectivity index (χ3n) is 2.75. The Morgan fingerprint density at radius 2 is 1.68 bits per heavy atom. The Hall–Kier alpha value is -1.81. The zero-order valence-corrected chi connectivity index (χ0v) is 12.1.